The number of ether oxygens (including phenoxy) is 1. The summed E-state index contributed by atoms with van der Waals surface area (Å²) in [5, 5.41) is 23.0. The fourth-order valence-electron chi connectivity index (χ4n) is 1.78. The van der Waals surface area contributed by atoms with Crippen molar-refractivity contribution in [2.75, 3.05) is 13.7 Å². The van der Waals surface area contributed by atoms with Crippen LogP contribution in [-0.2, 0) is 0 Å². The second-order valence-electron chi connectivity index (χ2n) is 4.10. The molecule has 0 fully saturated rings. The molecule has 2 atom stereocenters. The summed E-state index contributed by atoms with van der Waals surface area (Å²) in [6.45, 7) is 3.51. The number of hydrogen-bond acceptors (Lipinski definition) is 4. The van der Waals surface area contributed by atoms with Crippen molar-refractivity contribution >= 4 is 0 Å². The number of methoxy groups -OCH3 is 1. The summed E-state index contributed by atoms with van der Waals surface area (Å²) in [7, 11) is 1.58. The zero-order valence-corrected chi connectivity index (χ0v) is 10.7. The minimum atomic E-state index is -1.12. The van der Waals surface area contributed by atoms with E-state index in [4.69, 9.17) is 10.3 Å². The predicted octanol–water partition coefficient (Wildman–Crippen LogP) is 2.02. The summed E-state index contributed by atoms with van der Waals surface area (Å²) in [6, 6.07) is 3.56. The van der Waals surface area contributed by atoms with E-state index in [0.29, 0.717) is 5.56 Å². The van der Waals surface area contributed by atoms with Gasteiger partial charge in [0.25, 0.3) is 0 Å². The molecule has 1 aromatic rings. The predicted molar refractivity (Wildman–Crippen MR) is 67.4 cm³/mol. The van der Waals surface area contributed by atoms with E-state index < -0.39 is 12.2 Å². The third-order valence-corrected chi connectivity index (χ3v) is 2.80. The Morgan fingerprint density at radius 3 is 2.56 bits per heavy atom. The van der Waals surface area contributed by atoms with Gasteiger partial charge in [0.2, 0.25) is 0 Å². The van der Waals surface area contributed by atoms with Gasteiger partial charge in [0.1, 0.15) is 11.9 Å². The second kappa shape index (κ2) is 6.26. The molecule has 0 radical (unpaired) electrons. The number of aliphatic hydroxyl groups excluding tert-OH is 2. The van der Waals surface area contributed by atoms with E-state index >= 15 is 0 Å². The maximum atomic E-state index is 10.0. The Labute approximate surface area is 105 Å². The molecule has 0 saturated carbocycles. The Bertz CT molecular complexity index is 470. The number of rotatable bonds is 5. The molecule has 6 heteroatoms. The average Bonchev–Trinajstić information content (AvgIpc) is 2.37. The van der Waals surface area contributed by atoms with E-state index in [1.807, 2.05) is 13.8 Å². The molecule has 0 aliphatic carbocycles. The molecule has 98 valence electrons. The van der Waals surface area contributed by atoms with Gasteiger partial charge < -0.3 is 14.9 Å². The van der Waals surface area contributed by atoms with Crippen LogP contribution in [0.5, 0.6) is 5.75 Å². The number of benzene rings is 1. The minimum absolute atomic E-state index is 0.165. The van der Waals surface area contributed by atoms with Gasteiger partial charge in [-0.2, -0.15) is 0 Å². The third-order valence-electron chi connectivity index (χ3n) is 2.80. The lowest BCUT2D eigenvalue weighted by molar-refractivity contribution is 0.0240. The van der Waals surface area contributed by atoms with Crippen LogP contribution in [0.3, 0.4) is 0 Å². The van der Waals surface area contributed by atoms with Crippen LogP contribution in [0.2, 0.25) is 0 Å². The van der Waals surface area contributed by atoms with Crippen molar-refractivity contribution < 1.29 is 14.9 Å². The summed E-state index contributed by atoms with van der Waals surface area (Å²) in [4.78, 5) is 2.55. The van der Waals surface area contributed by atoms with Crippen molar-refractivity contribution in [1.82, 2.24) is 0 Å². The van der Waals surface area contributed by atoms with Gasteiger partial charge >= 0.3 is 0 Å². The first-order chi connectivity index (χ1) is 8.51. The van der Waals surface area contributed by atoms with Gasteiger partial charge in [0.05, 0.1) is 19.8 Å². The van der Waals surface area contributed by atoms with Crippen LogP contribution >= 0.6 is 0 Å². The van der Waals surface area contributed by atoms with E-state index in [0.717, 1.165) is 16.9 Å². The highest BCUT2D eigenvalue weighted by molar-refractivity contribution is 5.42. The molecule has 2 unspecified atom stereocenters. The lowest BCUT2D eigenvalue weighted by Gasteiger charge is -2.20. The van der Waals surface area contributed by atoms with Gasteiger partial charge in [-0.25, -0.2) is 0 Å². The normalized spacial score (nSPS) is 13.6. The molecule has 18 heavy (non-hydrogen) atoms. The number of azide groups is 1. The number of aryl methyl sites for hydroxylation is 2. The van der Waals surface area contributed by atoms with Crippen molar-refractivity contribution in [3.63, 3.8) is 0 Å². The highest BCUT2D eigenvalue weighted by atomic mass is 16.5. The van der Waals surface area contributed by atoms with Crippen LogP contribution in [0.25, 0.3) is 10.4 Å². The number of aliphatic hydroxyl groups is 2. The minimum Gasteiger partial charge on any atom is -0.496 e. The van der Waals surface area contributed by atoms with Crippen molar-refractivity contribution in [3.05, 3.63) is 39.3 Å². The summed E-state index contributed by atoms with van der Waals surface area (Å²) in [6.07, 6.45) is -2.20. The Morgan fingerprint density at radius 1 is 1.33 bits per heavy atom. The number of hydrogen-bond donors (Lipinski definition) is 2. The molecule has 1 rings (SSSR count). The third kappa shape index (κ3) is 3.13. The van der Waals surface area contributed by atoms with E-state index in [1.165, 1.54) is 0 Å². The maximum Gasteiger partial charge on any atom is 0.122 e. The summed E-state index contributed by atoms with van der Waals surface area (Å²) in [5.74, 6) is 0.730. The zero-order valence-electron chi connectivity index (χ0n) is 10.7. The number of nitrogens with zero attached hydrogens (tertiary/aromatic N) is 3. The first-order valence-corrected chi connectivity index (χ1v) is 5.53. The standard InChI is InChI=1S/C12H17N3O3/c1-7-5-11(18-3)8(2)4-9(7)12(17)10(16)6-14-15-13/h4-5,10,12,16-17H,6H2,1-3H3. The Balaban J connectivity index is 3.02. The highest BCUT2D eigenvalue weighted by Gasteiger charge is 2.20. The van der Waals surface area contributed by atoms with Crippen LogP contribution in [0.15, 0.2) is 17.2 Å². The van der Waals surface area contributed by atoms with Crippen LogP contribution in [0, 0.1) is 13.8 Å². The fraction of sp³-hybridized carbons (Fsp3) is 0.500. The quantitative estimate of drug-likeness (QED) is 0.475. The van der Waals surface area contributed by atoms with Gasteiger partial charge in [-0.15, -0.1) is 0 Å². The monoisotopic (exact) mass is 251 g/mol. The molecule has 0 spiro atoms. The topological polar surface area (TPSA) is 98.5 Å². The molecule has 0 aliphatic heterocycles. The first-order valence-electron chi connectivity index (χ1n) is 5.53. The van der Waals surface area contributed by atoms with E-state index in [2.05, 4.69) is 10.0 Å². The van der Waals surface area contributed by atoms with Crippen LogP contribution in [-0.4, -0.2) is 30.0 Å². The molecular weight excluding hydrogens is 234 g/mol. The molecule has 6 nitrogen and oxygen atoms in total. The summed E-state index contributed by atoms with van der Waals surface area (Å²) < 4.78 is 5.18. The molecule has 0 aliphatic rings. The molecule has 0 amide bonds. The first kappa shape index (κ1) is 14.3. The summed E-state index contributed by atoms with van der Waals surface area (Å²) >= 11 is 0. The molecule has 0 saturated heterocycles. The fourth-order valence-corrected chi connectivity index (χ4v) is 1.78. The van der Waals surface area contributed by atoms with Gasteiger partial charge in [-0.1, -0.05) is 5.11 Å². The SMILES string of the molecule is COc1cc(C)c(C(O)C(O)CN=[N+]=[N-])cc1C. The zero-order chi connectivity index (χ0) is 13.7. The van der Waals surface area contributed by atoms with Crippen LogP contribution in [0.1, 0.15) is 22.8 Å². The molecule has 0 heterocycles. The van der Waals surface area contributed by atoms with Crippen molar-refractivity contribution in [1.29, 1.82) is 0 Å². The lowest BCUT2D eigenvalue weighted by atomic mass is 9.97. The van der Waals surface area contributed by atoms with E-state index in [9.17, 15) is 10.2 Å². The summed E-state index contributed by atoms with van der Waals surface area (Å²) in [5.41, 5.74) is 10.5. The maximum absolute atomic E-state index is 10.0. The van der Waals surface area contributed by atoms with Crippen molar-refractivity contribution in [3.8, 4) is 5.75 Å². The molecule has 0 bridgehead atoms. The molecule has 2 N–H and O–H groups in total. The van der Waals surface area contributed by atoms with E-state index in [-0.39, 0.29) is 6.54 Å². The molecule has 0 aromatic heterocycles. The average molecular weight is 251 g/mol. The lowest BCUT2D eigenvalue weighted by Crippen LogP contribution is -2.22. The van der Waals surface area contributed by atoms with Crippen LogP contribution in [0.4, 0.5) is 0 Å². The Morgan fingerprint density at radius 2 is 2.00 bits per heavy atom. The van der Waals surface area contributed by atoms with Gasteiger partial charge in [0.15, 0.2) is 0 Å². The highest BCUT2D eigenvalue weighted by Crippen LogP contribution is 2.28. The largest absolute Gasteiger partial charge is 0.496 e. The van der Waals surface area contributed by atoms with Crippen LogP contribution < -0.4 is 4.74 Å². The van der Waals surface area contributed by atoms with E-state index in [1.54, 1.807) is 19.2 Å². The van der Waals surface area contributed by atoms with Gasteiger partial charge in [0, 0.05) is 4.91 Å². The van der Waals surface area contributed by atoms with Gasteiger partial charge in [-0.3, -0.25) is 0 Å². The van der Waals surface area contributed by atoms with Crippen molar-refractivity contribution in [2.24, 2.45) is 5.11 Å². The van der Waals surface area contributed by atoms with Gasteiger partial charge in [-0.05, 0) is 48.2 Å². The molecular formula is C12H17N3O3. The smallest absolute Gasteiger partial charge is 0.122 e. The van der Waals surface area contributed by atoms with Crippen molar-refractivity contribution in [2.45, 2.75) is 26.1 Å². The Kier molecular flexibility index (Phi) is 4.97. The Hall–Kier alpha value is -1.75. The second-order valence-corrected chi connectivity index (χ2v) is 4.10. The molecule has 1 aromatic carbocycles.